The molecule has 3 aliphatic rings. The first-order chi connectivity index (χ1) is 14.6. The van der Waals surface area contributed by atoms with Gasteiger partial charge in [0.25, 0.3) is 0 Å². The molecule has 160 valence electrons. The summed E-state index contributed by atoms with van der Waals surface area (Å²) in [5.74, 6) is 1.50. The third-order valence-electron chi connectivity index (χ3n) is 5.90. The van der Waals surface area contributed by atoms with Crippen molar-refractivity contribution in [3.05, 3.63) is 24.2 Å². The van der Waals surface area contributed by atoms with E-state index in [0.717, 1.165) is 37.4 Å². The Morgan fingerprint density at radius 2 is 2.03 bits per heavy atom. The molecule has 5 rings (SSSR count). The second-order valence-corrected chi connectivity index (χ2v) is 7.84. The molecule has 2 bridgehead atoms. The average Bonchev–Trinajstić information content (AvgIpc) is 3.39. The molecule has 3 fully saturated rings. The maximum absolute atomic E-state index is 12.7. The zero-order valence-electron chi connectivity index (χ0n) is 16.3. The standard InChI is InChI=1S/C20H23F2N5O3/c21-20(22)30-16-5-12(8-24-18(16)23)15-7-17(27-9-14-6-13(27)10-29-14)26-19(25-15)11-1-3-28-4-2-11/h5,7-8,11,13-14,20H,1-4,6,9-10H2,(H2,23,24)/t13-,14-/m0/s1. The van der Waals surface area contributed by atoms with E-state index in [4.69, 9.17) is 25.2 Å². The molecule has 8 nitrogen and oxygen atoms in total. The van der Waals surface area contributed by atoms with Gasteiger partial charge in [0, 0.05) is 43.5 Å². The van der Waals surface area contributed by atoms with E-state index >= 15 is 0 Å². The Kier molecular flexibility index (Phi) is 5.11. The first-order valence-corrected chi connectivity index (χ1v) is 10.1. The first kappa shape index (κ1) is 19.4. The molecule has 2 N–H and O–H groups in total. The summed E-state index contributed by atoms with van der Waals surface area (Å²) in [6.07, 6.45) is 4.42. The van der Waals surface area contributed by atoms with Crippen LogP contribution in [0.3, 0.4) is 0 Å². The molecule has 0 amide bonds. The summed E-state index contributed by atoms with van der Waals surface area (Å²) in [4.78, 5) is 15.9. The number of nitrogens with zero attached hydrogens (tertiary/aromatic N) is 4. The summed E-state index contributed by atoms with van der Waals surface area (Å²) in [6, 6.07) is 3.62. The van der Waals surface area contributed by atoms with Crippen LogP contribution in [-0.4, -0.2) is 60.1 Å². The van der Waals surface area contributed by atoms with Gasteiger partial charge in [0.2, 0.25) is 0 Å². The van der Waals surface area contributed by atoms with Gasteiger partial charge in [0.15, 0.2) is 11.6 Å². The predicted molar refractivity (Wildman–Crippen MR) is 105 cm³/mol. The van der Waals surface area contributed by atoms with E-state index in [1.807, 2.05) is 6.07 Å². The van der Waals surface area contributed by atoms with E-state index in [1.165, 1.54) is 12.3 Å². The molecule has 0 saturated carbocycles. The molecule has 2 atom stereocenters. The van der Waals surface area contributed by atoms with Gasteiger partial charge in [-0.2, -0.15) is 8.78 Å². The Bertz CT molecular complexity index is 925. The van der Waals surface area contributed by atoms with Gasteiger partial charge in [-0.15, -0.1) is 0 Å². The molecule has 2 aromatic heterocycles. The van der Waals surface area contributed by atoms with Crippen LogP contribution in [0.1, 0.15) is 31.0 Å². The lowest BCUT2D eigenvalue weighted by molar-refractivity contribution is -0.0494. The van der Waals surface area contributed by atoms with Crippen molar-refractivity contribution in [3.8, 4) is 17.0 Å². The van der Waals surface area contributed by atoms with Crippen LogP contribution in [0.15, 0.2) is 18.3 Å². The fraction of sp³-hybridized carbons (Fsp3) is 0.550. The van der Waals surface area contributed by atoms with E-state index in [1.54, 1.807) is 0 Å². The maximum atomic E-state index is 12.7. The predicted octanol–water partition coefficient (Wildman–Crippen LogP) is 2.59. The van der Waals surface area contributed by atoms with Gasteiger partial charge in [0.1, 0.15) is 11.6 Å². The van der Waals surface area contributed by atoms with Crippen molar-refractivity contribution in [1.82, 2.24) is 15.0 Å². The Hall–Kier alpha value is -2.59. The fourth-order valence-corrected chi connectivity index (χ4v) is 4.35. The number of hydrogen-bond donors (Lipinski definition) is 1. The minimum atomic E-state index is -2.98. The zero-order valence-corrected chi connectivity index (χ0v) is 16.3. The summed E-state index contributed by atoms with van der Waals surface area (Å²) in [7, 11) is 0. The van der Waals surface area contributed by atoms with Gasteiger partial charge in [-0.05, 0) is 25.3 Å². The van der Waals surface area contributed by atoms with Crippen molar-refractivity contribution >= 4 is 11.6 Å². The van der Waals surface area contributed by atoms with Crippen molar-refractivity contribution in [2.24, 2.45) is 0 Å². The van der Waals surface area contributed by atoms with Gasteiger partial charge in [-0.1, -0.05) is 0 Å². The largest absolute Gasteiger partial charge is 0.431 e. The number of alkyl halides is 2. The Morgan fingerprint density at radius 1 is 1.20 bits per heavy atom. The number of rotatable bonds is 5. The molecule has 0 aromatic carbocycles. The summed E-state index contributed by atoms with van der Waals surface area (Å²) >= 11 is 0. The summed E-state index contributed by atoms with van der Waals surface area (Å²) in [5.41, 5.74) is 6.86. The van der Waals surface area contributed by atoms with Crippen LogP contribution in [-0.2, 0) is 9.47 Å². The van der Waals surface area contributed by atoms with Crippen LogP contribution < -0.4 is 15.4 Å². The fourth-order valence-electron chi connectivity index (χ4n) is 4.35. The van der Waals surface area contributed by atoms with Crippen molar-refractivity contribution in [2.75, 3.05) is 37.0 Å². The highest BCUT2D eigenvalue weighted by Gasteiger charge is 2.40. The van der Waals surface area contributed by atoms with Gasteiger partial charge >= 0.3 is 6.61 Å². The number of hydrogen-bond acceptors (Lipinski definition) is 8. The van der Waals surface area contributed by atoms with E-state index in [2.05, 4.69) is 14.6 Å². The van der Waals surface area contributed by atoms with E-state index in [-0.39, 0.29) is 23.6 Å². The van der Waals surface area contributed by atoms with Gasteiger partial charge < -0.3 is 24.8 Å². The highest BCUT2D eigenvalue weighted by molar-refractivity contribution is 5.67. The second kappa shape index (κ2) is 7.92. The number of nitrogens with two attached hydrogens (primary N) is 1. The molecule has 0 spiro atoms. The number of fused-ring (bicyclic) bond motifs is 2. The third-order valence-corrected chi connectivity index (χ3v) is 5.90. The van der Waals surface area contributed by atoms with Crippen molar-refractivity contribution in [2.45, 2.75) is 43.9 Å². The van der Waals surface area contributed by atoms with Crippen LogP contribution in [0.4, 0.5) is 20.4 Å². The van der Waals surface area contributed by atoms with E-state index in [9.17, 15) is 8.78 Å². The van der Waals surface area contributed by atoms with Crippen LogP contribution in [0.2, 0.25) is 0 Å². The lowest BCUT2D eigenvalue weighted by Crippen LogP contribution is -2.37. The summed E-state index contributed by atoms with van der Waals surface area (Å²) in [6.45, 7) is -0.166. The average molecular weight is 419 g/mol. The molecule has 3 saturated heterocycles. The summed E-state index contributed by atoms with van der Waals surface area (Å²) < 4.78 is 41.2. The molecular weight excluding hydrogens is 396 g/mol. The SMILES string of the molecule is Nc1ncc(-c2cc(N3C[C@@H]4C[C@H]3CO4)nc(C3CCOCC3)n2)cc1OC(F)F. The number of morpholine rings is 1. The Labute approximate surface area is 172 Å². The Morgan fingerprint density at radius 3 is 2.73 bits per heavy atom. The number of anilines is 2. The minimum absolute atomic E-state index is 0.0908. The van der Waals surface area contributed by atoms with Crippen LogP contribution in [0.25, 0.3) is 11.3 Å². The molecule has 30 heavy (non-hydrogen) atoms. The molecule has 0 aliphatic carbocycles. The molecule has 3 aliphatic heterocycles. The zero-order chi connectivity index (χ0) is 20.7. The van der Waals surface area contributed by atoms with E-state index < -0.39 is 6.61 Å². The lowest BCUT2D eigenvalue weighted by atomic mass is 9.99. The quantitative estimate of drug-likeness (QED) is 0.790. The molecule has 0 radical (unpaired) electrons. The van der Waals surface area contributed by atoms with Crippen molar-refractivity contribution < 1.29 is 23.0 Å². The topological polar surface area (TPSA) is 95.6 Å². The second-order valence-electron chi connectivity index (χ2n) is 7.84. The van der Waals surface area contributed by atoms with Gasteiger partial charge in [0.05, 0.1) is 24.4 Å². The van der Waals surface area contributed by atoms with Gasteiger partial charge in [-0.3, -0.25) is 0 Å². The normalized spacial score (nSPS) is 24.0. The molecule has 2 aromatic rings. The number of nitrogen functional groups attached to an aromatic ring is 1. The van der Waals surface area contributed by atoms with Crippen LogP contribution in [0.5, 0.6) is 5.75 Å². The van der Waals surface area contributed by atoms with Crippen molar-refractivity contribution in [1.29, 1.82) is 0 Å². The molecule has 5 heterocycles. The number of aromatic nitrogens is 3. The maximum Gasteiger partial charge on any atom is 0.387 e. The molecule has 0 unspecified atom stereocenters. The molecule has 10 heteroatoms. The lowest BCUT2D eigenvalue weighted by Gasteiger charge is -2.29. The number of halogens is 2. The van der Waals surface area contributed by atoms with Crippen molar-refractivity contribution in [3.63, 3.8) is 0 Å². The van der Waals surface area contributed by atoms with Crippen LogP contribution >= 0.6 is 0 Å². The first-order valence-electron chi connectivity index (χ1n) is 10.1. The summed E-state index contributed by atoms with van der Waals surface area (Å²) in [5, 5.41) is 0. The number of ether oxygens (including phenoxy) is 3. The monoisotopic (exact) mass is 419 g/mol. The number of pyridine rings is 1. The highest BCUT2D eigenvalue weighted by Crippen LogP contribution is 2.36. The highest BCUT2D eigenvalue weighted by atomic mass is 19.3. The van der Waals surface area contributed by atoms with E-state index in [0.29, 0.717) is 37.1 Å². The van der Waals surface area contributed by atoms with Crippen LogP contribution in [0, 0.1) is 0 Å². The van der Waals surface area contributed by atoms with Gasteiger partial charge in [-0.25, -0.2) is 15.0 Å². The molecular formula is C20H23F2N5O3. The minimum Gasteiger partial charge on any atom is -0.431 e. The third kappa shape index (κ3) is 3.77. The smallest absolute Gasteiger partial charge is 0.387 e. The Balaban J connectivity index is 1.54.